The molecule has 1 aromatic carbocycles. The van der Waals surface area contributed by atoms with Crippen molar-refractivity contribution < 1.29 is 13.2 Å². The van der Waals surface area contributed by atoms with Gasteiger partial charge in [0.2, 0.25) is 0 Å². The van der Waals surface area contributed by atoms with Gasteiger partial charge in [-0.25, -0.2) is 8.42 Å². The van der Waals surface area contributed by atoms with E-state index in [-0.39, 0.29) is 22.8 Å². The molecule has 0 spiro atoms. The molecule has 1 unspecified atom stereocenters. The topological polar surface area (TPSA) is 67.3 Å². The van der Waals surface area contributed by atoms with E-state index in [0.717, 1.165) is 0 Å². The Morgan fingerprint density at radius 3 is 2.59 bits per heavy atom. The molecule has 0 aliphatic carbocycles. The Balaban J connectivity index is 2.16. The fourth-order valence-corrected chi connectivity index (χ4v) is 4.35. The first-order chi connectivity index (χ1) is 10.4. The van der Waals surface area contributed by atoms with Crippen LogP contribution >= 0.6 is 11.6 Å². The molecule has 0 fully saturated rings. The summed E-state index contributed by atoms with van der Waals surface area (Å²) in [5.74, 6) is -0.148. The van der Waals surface area contributed by atoms with Gasteiger partial charge in [-0.1, -0.05) is 11.6 Å². The number of fused-ring (bicyclic) bond motifs is 1. The Morgan fingerprint density at radius 2 is 1.91 bits per heavy atom. The number of ketones is 1. The number of aromatic nitrogens is 1. The molecule has 1 aliphatic rings. The van der Waals surface area contributed by atoms with E-state index < -0.39 is 16.1 Å². The molecular formula is C15H13ClN2O3S. The van der Waals surface area contributed by atoms with Crippen molar-refractivity contribution in [3.05, 3.63) is 53.3 Å². The number of pyridine rings is 1. The van der Waals surface area contributed by atoms with Crippen LogP contribution in [0.2, 0.25) is 5.02 Å². The van der Waals surface area contributed by atoms with Gasteiger partial charge in [0.25, 0.3) is 10.0 Å². The summed E-state index contributed by atoms with van der Waals surface area (Å²) in [5.41, 5.74) is 0.513. The fourth-order valence-electron chi connectivity index (χ4n) is 2.56. The van der Waals surface area contributed by atoms with Crippen LogP contribution < -0.4 is 4.31 Å². The molecule has 2 aromatic rings. The number of nitrogens with zero attached hydrogens (tertiary/aromatic N) is 2. The summed E-state index contributed by atoms with van der Waals surface area (Å²) >= 11 is 5.81. The van der Waals surface area contributed by atoms with Gasteiger partial charge in [0.15, 0.2) is 5.78 Å². The van der Waals surface area contributed by atoms with E-state index >= 15 is 0 Å². The minimum atomic E-state index is -3.78. The van der Waals surface area contributed by atoms with Gasteiger partial charge in [0.05, 0.1) is 16.6 Å². The van der Waals surface area contributed by atoms with E-state index in [4.69, 9.17) is 11.6 Å². The Kier molecular flexibility index (Phi) is 3.66. The smallest absolute Gasteiger partial charge is 0.264 e. The van der Waals surface area contributed by atoms with E-state index in [0.29, 0.717) is 10.7 Å². The first-order valence-electron chi connectivity index (χ1n) is 6.69. The molecule has 5 nitrogen and oxygen atoms in total. The highest BCUT2D eigenvalue weighted by Gasteiger charge is 2.37. The molecule has 1 atom stereocenters. The summed E-state index contributed by atoms with van der Waals surface area (Å²) in [7, 11) is -3.78. The zero-order valence-corrected chi connectivity index (χ0v) is 13.3. The lowest BCUT2D eigenvalue weighted by Gasteiger charge is -2.34. The SMILES string of the molecule is CC1CC(=O)c2ncccc2N1S(=O)(=O)c1ccc(Cl)cc1. The highest BCUT2D eigenvalue weighted by Crippen LogP contribution is 2.34. The fraction of sp³-hybridized carbons (Fsp3) is 0.200. The van der Waals surface area contributed by atoms with Gasteiger partial charge in [-0.05, 0) is 43.3 Å². The van der Waals surface area contributed by atoms with E-state index in [9.17, 15) is 13.2 Å². The quantitative estimate of drug-likeness (QED) is 0.845. The third-order valence-corrected chi connectivity index (χ3v) is 5.73. The highest BCUT2D eigenvalue weighted by atomic mass is 35.5. The van der Waals surface area contributed by atoms with Crippen LogP contribution in [0.1, 0.15) is 23.8 Å². The van der Waals surface area contributed by atoms with E-state index in [1.54, 1.807) is 19.1 Å². The molecule has 7 heteroatoms. The normalized spacial score (nSPS) is 18.2. The van der Waals surface area contributed by atoms with Gasteiger partial charge in [-0.15, -0.1) is 0 Å². The van der Waals surface area contributed by atoms with Crippen LogP contribution in [0.4, 0.5) is 5.69 Å². The number of hydrogen-bond acceptors (Lipinski definition) is 4. The van der Waals surface area contributed by atoms with Crippen molar-refractivity contribution in [1.29, 1.82) is 0 Å². The summed E-state index contributed by atoms with van der Waals surface area (Å²) in [5, 5.41) is 0.461. The van der Waals surface area contributed by atoms with Crippen LogP contribution in [0.15, 0.2) is 47.5 Å². The molecule has 1 aromatic heterocycles. The van der Waals surface area contributed by atoms with E-state index in [2.05, 4.69) is 4.98 Å². The molecule has 0 saturated heterocycles. The zero-order chi connectivity index (χ0) is 15.9. The van der Waals surface area contributed by atoms with Crippen LogP contribution in [-0.4, -0.2) is 25.2 Å². The minimum Gasteiger partial charge on any atom is -0.292 e. The Labute approximate surface area is 133 Å². The second-order valence-corrected chi connectivity index (χ2v) is 7.35. The van der Waals surface area contributed by atoms with Crippen LogP contribution in [0.25, 0.3) is 0 Å². The number of sulfonamides is 1. The van der Waals surface area contributed by atoms with Crippen molar-refractivity contribution in [1.82, 2.24) is 4.98 Å². The van der Waals surface area contributed by atoms with Gasteiger partial charge >= 0.3 is 0 Å². The molecule has 0 N–H and O–H groups in total. The molecule has 0 saturated carbocycles. The van der Waals surface area contributed by atoms with Crippen molar-refractivity contribution in [2.24, 2.45) is 0 Å². The molecule has 0 bridgehead atoms. The van der Waals surface area contributed by atoms with Crippen LogP contribution in [0, 0.1) is 0 Å². The predicted octanol–water partition coefficient (Wildman–Crippen LogP) is 2.91. The predicted molar refractivity (Wildman–Crippen MR) is 83.8 cm³/mol. The molecular weight excluding hydrogens is 324 g/mol. The Bertz CT molecular complexity index is 834. The van der Waals surface area contributed by atoms with Crippen molar-refractivity contribution >= 4 is 33.1 Å². The average Bonchev–Trinajstić information content (AvgIpc) is 2.47. The molecule has 3 rings (SSSR count). The maximum absolute atomic E-state index is 12.9. The molecule has 2 heterocycles. The van der Waals surface area contributed by atoms with E-state index in [1.807, 2.05) is 0 Å². The number of carbonyl (C=O) groups is 1. The first-order valence-corrected chi connectivity index (χ1v) is 8.51. The third-order valence-electron chi connectivity index (χ3n) is 3.54. The van der Waals surface area contributed by atoms with Gasteiger partial charge in [-0.3, -0.25) is 14.1 Å². The van der Waals surface area contributed by atoms with Crippen molar-refractivity contribution in [3.63, 3.8) is 0 Å². The van der Waals surface area contributed by atoms with Crippen LogP contribution in [-0.2, 0) is 10.0 Å². The van der Waals surface area contributed by atoms with Gasteiger partial charge < -0.3 is 0 Å². The van der Waals surface area contributed by atoms with Gasteiger partial charge in [0.1, 0.15) is 5.69 Å². The second kappa shape index (κ2) is 5.37. The van der Waals surface area contributed by atoms with Gasteiger partial charge in [0, 0.05) is 17.6 Å². The minimum absolute atomic E-state index is 0.108. The Hall–Kier alpha value is -1.92. The van der Waals surface area contributed by atoms with Crippen LogP contribution in [0.5, 0.6) is 0 Å². The number of benzene rings is 1. The van der Waals surface area contributed by atoms with E-state index in [1.165, 1.54) is 34.8 Å². The monoisotopic (exact) mass is 336 g/mol. The standard InChI is InChI=1S/C15H13ClN2O3S/c1-10-9-14(19)15-13(3-2-8-17-15)18(10)22(20,21)12-6-4-11(16)5-7-12/h2-8,10H,9H2,1H3. The molecule has 114 valence electrons. The maximum Gasteiger partial charge on any atom is 0.264 e. The second-order valence-electron chi connectivity index (χ2n) is 5.10. The summed E-state index contributed by atoms with van der Waals surface area (Å²) in [6, 6.07) is 8.72. The molecule has 22 heavy (non-hydrogen) atoms. The molecule has 1 aliphatic heterocycles. The summed E-state index contributed by atoms with van der Waals surface area (Å²) in [4.78, 5) is 16.2. The first kappa shape index (κ1) is 15.0. The summed E-state index contributed by atoms with van der Waals surface area (Å²) < 4.78 is 27.1. The number of Topliss-reactive ketones (excluding diaryl/α,β-unsaturated/α-hetero) is 1. The number of anilines is 1. The largest absolute Gasteiger partial charge is 0.292 e. The van der Waals surface area contributed by atoms with Crippen molar-refractivity contribution in [3.8, 4) is 0 Å². The summed E-state index contributed by atoms with van der Waals surface area (Å²) in [6.45, 7) is 1.71. The molecule has 0 radical (unpaired) electrons. The van der Waals surface area contributed by atoms with Crippen molar-refractivity contribution in [2.45, 2.75) is 24.3 Å². The maximum atomic E-state index is 12.9. The lowest BCUT2D eigenvalue weighted by atomic mass is 10.0. The Morgan fingerprint density at radius 1 is 1.23 bits per heavy atom. The highest BCUT2D eigenvalue weighted by molar-refractivity contribution is 7.92. The number of rotatable bonds is 2. The number of carbonyl (C=O) groups excluding carboxylic acids is 1. The molecule has 0 amide bonds. The average molecular weight is 337 g/mol. The number of halogens is 1. The lowest BCUT2D eigenvalue weighted by Crippen LogP contribution is -2.44. The zero-order valence-electron chi connectivity index (χ0n) is 11.7. The number of hydrogen-bond donors (Lipinski definition) is 0. The van der Waals surface area contributed by atoms with Crippen LogP contribution in [0.3, 0.4) is 0 Å². The lowest BCUT2D eigenvalue weighted by molar-refractivity contribution is 0.0967. The van der Waals surface area contributed by atoms with Gasteiger partial charge in [-0.2, -0.15) is 0 Å². The third kappa shape index (κ3) is 2.38. The summed E-state index contributed by atoms with van der Waals surface area (Å²) in [6.07, 6.45) is 1.59. The van der Waals surface area contributed by atoms with Crippen molar-refractivity contribution in [2.75, 3.05) is 4.31 Å².